The molecule has 0 bridgehead atoms. The molecule has 1 aromatic carbocycles. The molecule has 24 heavy (non-hydrogen) atoms. The number of halogens is 1. The van der Waals surface area contributed by atoms with Crippen LogP contribution in [-0.2, 0) is 13.5 Å². The molecule has 1 aromatic heterocycles. The summed E-state index contributed by atoms with van der Waals surface area (Å²) < 4.78 is 6.67. The van der Waals surface area contributed by atoms with Gasteiger partial charge in [-0.3, -0.25) is 5.32 Å². The Morgan fingerprint density at radius 3 is 2.92 bits per heavy atom. The van der Waals surface area contributed by atoms with E-state index in [4.69, 9.17) is 16.3 Å². The lowest BCUT2D eigenvalue weighted by atomic mass is 9.95. The first-order valence-electron chi connectivity index (χ1n) is 7.90. The number of hydrogen-bond acceptors (Lipinski definition) is 3. The number of amides is 2. The molecule has 1 unspecified atom stereocenters. The highest BCUT2D eigenvalue weighted by Gasteiger charge is 2.24. The summed E-state index contributed by atoms with van der Waals surface area (Å²) in [5, 5.41) is 7.79. The quantitative estimate of drug-likeness (QED) is 0.906. The smallest absolute Gasteiger partial charge is 0.323 e. The molecule has 128 valence electrons. The molecule has 2 aromatic rings. The van der Waals surface area contributed by atoms with Gasteiger partial charge in [0.25, 0.3) is 0 Å². The van der Waals surface area contributed by atoms with E-state index in [0.29, 0.717) is 24.8 Å². The van der Waals surface area contributed by atoms with Crippen molar-refractivity contribution in [3.05, 3.63) is 40.4 Å². The number of carbonyl (C=O) groups is 1. The number of hydrogen-bond donors (Lipinski definition) is 1. The van der Waals surface area contributed by atoms with Gasteiger partial charge in [-0.05, 0) is 35.6 Å². The minimum absolute atomic E-state index is 0.133. The van der Waals surface area contributed by atoms with Crippen molar-refractivity contribution < 1.29 is 9.53 Å². The summed E-state index contributed by atoms with van der Waals surface area (Å²) in [6.07, 6.45) is 0.818. The van der Waals surface area contributed by atoms with Crippen molar-refractivity contribution in [3.8, 4) is 5.88 Å². The Balaban J connectivity index is 1.74. The minimum Gasteiger partial charge on any atom is -0.480 e. The van der Waals surface area contributed by atoms with E-state index in [1.807, 2.05) is 17.0 Å². The molecule has 0 saturated heterocycles. The number of carbonyl (C=O) groups excluding carboxylic acids is 1. The standard InChI is InChI=1S/C17H21ClN4O2/c1-11-10-22(7-6-12-4-5-13(18)8-14(11)12)17(23)19-15-9-16(24-3)20-21(15)2/h4-5,8-9,11H,6-7,10H2,1-3H3,(H,19,23). The number of urea groups is 1. The van der Waals surface area contributed by atoms with Crippen LogP contribution in [0.3, 0.4) is 0 Å². The van der Waals surface area contributed by atoms with Crippen LogP contribution >= 0.6 is 11.6 Å². The van der Waals surface area contributed by atoms with E-state index in [-0.39, 0.29) is 11.9 Å². The summed E-state index contributed by atoms with van der Waals surface area (Å²) in [5.74, 6) is 1.31. The Kier molecular flexibility index (Phi) is 4.66. The van der Waals surface area contributed by atoms with Crippen LogP contribution in [-0.4, -0.2) is 40.9 Å². The molecular formula is C17H21ClN4O2. The van der Waals surface area contributed by atoms with Crippen LogP contribution in [0.5, 0.6) is 5.88 Å². The Hall–Kier alpha value is -2.21. The Morgan fingerprint density at radius 2 is 2.21 bits per heavy atom. The zero-order valence-electron chi connectivity index (χ0n) is 14.0. The van der Waals surface area contributed by atoms with Crippen molar-refractivity contribution in [1.29, 1.82) is 0 Å². The third kappa shape index (κ3) is 3.33. The molecule has 0 aliphatic carbocycles. The van der Waals surface area contributed by atoms with E-state index in [2.05, 4.69) is 23.4 Å². The van der Waals surface area contributed by atoms with Gasteiger partial charge in [0.15, 0.2) is 0 Å². The maximum Gasteiger partial charge on any atom is 0.323 e. The largest absolute Gasteiger partial charge is 0.480 e. The lowest BCUT2D eigenvalue weighted by Crippen LogP contribution is -2.38. The van der Waals surface area contributed by atoms with Gasteiger partial charge in [-0.15, -0.1) is 5.10 Å². The van der Waals surface area contributed by atoms with E-state index in [0.717, 1.165) is 11.4 Å². The molecule has 6 nitrogen and oxygen atoms in total. The fraction of sp³-hybridized carbons (Fsp3) is 0.412. The van der Waals surface area contributed by atoms with Gasteiger partial charge in [0, 0.05) is 31.2 Å². The summed E-state index contributed by atoms with van der Waals surface area (Å²) in [7, 11) is 3.31. The molecule has 0 spiro atoms. The van der Waals surface area contributed by atoms with E-state index < -0.39 is 0 Å². The van der Waals surface area contributed by atoms with Gasteiger partial charge in [0.05, 0.1) is 7.11 Å². The molecule has 0 radical (unpaired) electrons. The van der Waals surface area contributed by atoms with Crippen LogP contribution < -0.4 is 10.1 Å². The van der Waals surface area contributed by atoms with Crippen LogP contribution in [0.15, 0.2) is 24.3 Å². The number of benzene rings is 1. The van der Waals surface area contributed by atoms with Gasteiger partial charge in [-0.2, -0.15) is 0 Å². The lowest BCUT2D eigenvalue weighted by Gasteiger charge is -2.23. The van der Waals surface area contributed by atoms with Crippen molar-refractivity contribution >= 4 is 23.4 Å². The van der Waals surface area contributed by atoms with Gasteiger partial charge < -0.3 is 9.64 Å². The number of aromatic nitrogens is 2. The van der Waals surface area contributed by atoms with Crippen LogP contribution in [0.1, 0.15) is 24.0 Å². The zero-order valence-corrected chi connectivity index (χ0v) is 14.8. The fourth-order valence-corrected chi connectivity index (χ4v) is 3.24. The summed E-state index contributed by atoms with van der Waals surface area (Å²) in [5.41, 5.74) is 2.48. The maximum atomic E-state index is 12.6. The lowest BCUT2D eigenvalue weighted by molar-refractivity contribution is 0.211. The summed E-state index contributed by atoms with van der Waals surface area (Å²) >= 11 is 6.12. The third-order valence-electron chi connectivity index (χ3n) is 4.37. The summed E-state index contributed by atoms with van der Waals surface area (Å²) in [4.78, 5) is 14.5. The van der Waals surface area contributed by atoms with Crippen molar-refractivity contribution in [1.82, 2.24) is 14.7 Å². The second kappa shape index (κ2) is 6.73. The van der Waals surface area contributed by atoms with Gasteiger partial charge in [0.2, 0.25) is 5.88 Å². The third-order valence-corrected chi connectivity index (χ3v) is 4.61. The first-order valence-corrected chi connectivity index (χ1v) is 8.28. The number of aryl methyl sites for hydroxylation is 1. The molecule has 7 heteroatoms. The topological polar surface area (TPSA) is 59.4 Å². The zero-order chi connectivity index (χ0) is 17.3. The SMILES string of the molecule is COc1cc(NC(=O)N2CCc3ccc(Cl)cc3C(C)C2)n(C)n1. The second-order valence-corrected chi connectivity index (χ2v) is 6.50. The van der Waals surface area contributed by atoms with Gasteiger partial charge >= 0.3 is 6.03 Å². The maximum absolute atomic E-state index is 12.6. The molecule has 3 rings (SSSR count). The molecule has 1 aliphatic heterocycles. The molecule has 2 amide bonds. The van der Waals surface area contributed by atoms with E-state index in [1.165, 1.54) is 11.1 Å². The second-order valence-electron chi connectivity index (χ2n) is 6.07. The Labute approximate surface area is 146 Å². The molecule has 0 fully saturated rings. The number of nitrogens with one attached hydrogen (secondary N) is 1. The van der Waals surface area contributed by atoms with Crippen molar-refractivity contribution in [3.63, 3.8) is 0 Å². The van der Waals surface area contributed by atoms with Crippen molar-refractivity contribution in [2.24, 2.45) is 7.05 Å². The predicted molar refractivity (Wildman–Crippen MR) is 93.9 cm³/mol. The molecule has 1 atom stereocenters. The van der Waals surface area contributed by atoms with Gasteiger partial charge in [-0.25, -0.2) is 9.48 Å². The number of methoxy groups -OCH3 is 1. The first-order chi connectivity index (χ1) is 11.5. The monoisotopic (exact) mass is 348 g/mol. The predicted octanol–water partition coefficient (Wildman–Crippen LogP) is 3.28. The van der Waals surface area contributed by atoms with Crippen LogP contribution in [0.2, 0.25) is 5.02 Å². The number of ether oxygens (including phenoxy) is 1. The number of anilines is 1. The van der Waals surface area contributed by atoms with Gasteiger partial charge in [-0.1, -0.05) is 24.6 Å². The van der Waals surface area contributed by atoms with Crippen LogP contribution in [0.25, 0.3) is 0 Å². The van der Waals surface area contributed by atoms with E-state index in [1.54, 1.807) is 24.9 Å². The highest BCUT2D eigenvalue weighted by molar-refractivity contribution is 6.30. The van der Waals surface area contributed by atoms with Crippen LogP contribution in [0.4, 0.5) is 10.6 Å². The molecule has 1 aliphatic rings. The number of nitrogens with zero attached hydrogens (tertiary/aromatic N) is 3. The molecule has 1 N–H and O–H groups in total. The normalized spacial score (nSPS) is 17.2. The average Bonchev–Trinajstić information content (AvgIpc) is 2.82. The molecular weight excluding hydrogens is 328 g/mol. The van der Waals surface area contributed by atoms with E-state index in [9.17, 15) is 4.79 Å². The number of rotatable bonds is 2. The summed E-state index contributed by atoms with van der Waals surface area (Å²) in [6.45, 7) is 3.43. The molecule has 0 saturated carbocycles. The van der Waals surface area contributed by atoms with Crippen molar-refractivity contribution in [2.45, 2.75) is 19.3 Å². The highest BCUT2D eigenvalue weighted by atomic mass is 35.5. The Morgan fingerprint density at radius 1 is 1.42 bits per heavy atom. The highest BCUT2D eigenvalue weighted by Crippen LogP contribution is 2.28. The summed E-state index contributed by atoms with van der Waals surface area (Å²) in [6, 6.07) is 7.54. The van der Waals surface area contributed by atoms with Gasteiger partial charge in [0.1, 0.15) is 5.82 Å². The van der Waals surface area contributed by atoms with Crippen molar-refractivity contribution in [2.75, 3.05) is 25.5 Å². The number of fused-ring (bicyclic) bond motifs is 1. The van der Waals surface area contributed by atoms with E-state index >= 15 is 0 Å². The minimum atomic E-state index is -0.133. The molecule has 2 heterocycles. The Bertz CT molecular complexity index is 759. The van der Waals surface area contributed by atoms with Crippen LogP contribution in [0, 0.1) is 0 Å². The first kappa shape index (κ1) is 16.6. The fourth-order valence-electron chi connectivity index (χ4n) is 3.06. The average molecular weight is 349 g/mol.